The first-order valence-electron chi connectivity index (χ1n) is 8.87. The van der Waals surface area contributed by atoms with E-state index in [4.69, 9.17) is 0 Å². The van der Waals surface area contributed by atoms with Crippen molar-refractivity contribution in [1.82, 2.24) is 14.9 Å². The van der Waals surface area contributed by atoms with Gasteiger partial charge in [-0.15, -0.1) is 0 Å². The Morgan fingerprint density at radius 1 is 1.04 bits per heavy atom. The van der Waals surface area contributed by atoms with Crippen molar-refractivity contribution < 1.29 is 4.79 Å². The molecule has 2 heterocycles. The second-order valence-corrected chi connectivity index (χ2v) is 7.56. The van der Waals surface area contributed by atoms with E-state index in [0.717, 1.165) is 33.3 Å². The normalized spacial score (nSPS) is 17.1. The van der Waals surface area contributed by atoms with Crippen LogP contribution < -0.4 is 5.32 Å². The molecule has 1 aliphatic rings. The fourth-order valence-electron chi connectivity index (χ4n) is 3.25. The van der Waals surface area contributed by atoms with Crippen LogP contribution >= 0.6 is 11.8 Å². The van der Waals surface area contributed by atoms with E-state index in [9.17, 15) is 4.79 Å². The topological polar surface area (TPSA) is 59.3 Å². The first-order chi connectivity index (χ1) is 13.7. The summed E-state index contributed by atoms with van der Waals surface area (Å²) in [4.78, 5) is 22.2. The maximum atomic E-state index is 12.4. The molecule has 3 aromatic carbocycles. The lowest BCUT2D eigenvalue weighted by atomic mass is 10.1. The van der Waals surface area contributed by atoms with Crippen molar-refractivity contribution >= 4 is 56.4 Å². The van der Waals surface area contributed by atoms with E-state index in [1.807, 2.05) is 72.3 Å². The molecule has 5 rings (SSSR count). The molecule has 0 bridgehead atoms. The minimum absolute atomic E-state index is 0.156. The van der Waals surface area contributed by atoms with Gasteiger partial charge in [-0.3, -0.25) is 4.79 Å². The Balaban J connectivity index is 1.46. The number of aromatic nitrogens is 2. The van der Waals surface area contributed by atoms with Gasteiger partial charge in [0.05, 0.1) is 21.6 Å². The van der Waals surface area contributed by atoms with Gasteiger partial charge in [-0.05, 0) is 46.8 Å². The number of imidazole rings is 1. The van der Waals surface area contributed by atoms with Crippen molar-refractivity contribution in [2.45, 2.75) is 0 Å². The lowest BCUT2D eigenvalue weighted by molar-refractivity contribution is -0.115. The van der Waals surface area contributed by atoms with Gasteiger partial charge in [0, 0.05) is 13.1 Å². The Morgan fingerprint density at radius 2 is 1.82 bits per heavy atom. The third-order valence-electron chi connectivity index (χ3n) is 4.70. The van der Waals surface area contributed by atoms with Crippen LogP contribution in [0.25, 0.3) is 27.9 Å². The largest absolute Gasteiger partial charge is 0.328 e. The first-order valence-corrected chi connectivity index (χ1v) is 9.69. The molecule has 0 spiro atoms. The van der Waals surface area contributed by atoms with Gasteiger partial charge >= 0.3 is 0 Å². The van der Waals surface area contributed by atoms with Crippen LogP contribution in [0.4, 0.5) is 5.69 Å². The van der Waals surface area contributed by atoms with Crippen molar-refractivity contribution in [3.63, 3.8) is 0 Å². The Bertz CT molecular complexity index is 1300. The van der Waals surface area contributed by atoms with Crippen LogP contribution in [0.3, 0.4) is 0 Å². The summed E-state index contributed by atoms with van der Waals surface area (Å²) < 4.78 is 1.98. The number of carbonyl (C=O) groups is 1. The Labute approximate surface area is 165 Å². The molecule has 0 saturated carbocycles. The molecule has 0 radical (unpaired) electrons. The zero-order valence-electron chi connectivity index (χ0n) is 15.1. The quantitative estimate of drug-likeness (QED) is 0.513. The van der Waals surface area contributed by atoms with E-state index >= 15 is 0 Å². The van der Waals surface area contributed by atoms with Crippen molar-refractivity contribution in [3.05, 3.63) is 77.5 Å². The molecule has 1 amide bonds. The summed E-state index contributed by atoms with van der Waals surface area (Å²) in [7, 11) is 1.95. The molecule has 1 saturated heterocycles. The predicted octanol–water partition coefficient (Wildman–Crippen LogP) is 4.62. The van der Waals surface area contributed by atoms with Crippen molar-refractivity contribution in [2.24, 2.45) is 12.0 Å². The molecule has 4 aromatic rings. The third kappa shape index (κ3) is 2.97. The van der Waals surface area contributed by atoms with Gasteiger partial charge in [0.1, 0.15) is 5.82 Å². The van der Waals surface area contributed by atoms with E-state index in [1.54, 1.807) is 0 Å². The van der Waals surface area contributed by atoms with E-state index in [2.05, 4.69) is 27.4 Å². The number of fused-ring (bicyclic) bond motifs is 2. The first kappa shape index (κ1) is 16.8. The van der Waals surface area contributed by atoms with Crippen molar-refractivity contribution in [1.29, 1.82) is 0 Å². The maximum Gasteiger partial charge on any atom is 0.264 e. The molecular formula is C22H16N4OS. The highest BCUT2D eigenvalue weighted by atomic mass is 32.2. The highest BCUT2D eigenvalue weighted by Crippen LogP contribution is 2.29. The minimum Gasteiger partial charge on any atom is -0.328 e. The number of hydrogen-bond acceptors (Lipinski definition) is 4. The fraction of sp³-hybridized carbons (Fsp3) is 0.0455. The summed E-state index contributed by atoms with van der Waals surface area (Å²) in [5.74, 6) is 0.586. The summed E-state index contributed by atoms with van der Waals surface area (Å²) in [5, 5.41) is 5.70. The summed E-state index contributed by atoms with van der Waals surface area (Å²) in [6.45, 7) is 0. The number of amides is 1. The average molecular weight is 384 g/mol. The van der Waals surface area contributed by atoms with E-state index < -0.39 is 0 Å². The van der Waals surface area contributed by atoms with Crippen LogP contribution in [-0.2, 0) is 11.8 Å². The van der Waals surface area contributed by atoms with Gasteiger partial charge in [0.2, 0.25) is 0 Å². The second kappa shape index (κ2) is 6.65. The number of aryl methyl sites for hydroxylation is 1. The van der Waals surface area contributed by atoms with Crippen LogP contribution in [0.5, 0.6) is 0 Å². The fourth-order valence-corrected chi connectivity index (χ4v) is 4.07. The molecule has 5 nitrogen and oxygen atoms in total. The number of nitrogens with one attached hydrogen (secondary N) is 1. The highest BCUT2D eigenvalue weighted by Gasteiger charge is 2.24. The monoisotopic (exact) mass is 384 g/mol. The number of hydrogen-bond donors (Lipinski definition) is 1. The summed E-state index contributed by atoms with van der Waals surface area (Å²) in [6.07, 6.45) is 1.81. The number of thioether (sulfide) groups is 1. The van der Waals surface area contributed by atoms with Crippen LogP contribution in [0.15, 0.2) is 76.6 Å². The molecule has 1 fully saturated rings. The predicted molar refractivity (Wildman–Crippen MR) is 115 cm³/mol. The number of para-hydroxylation sites is 2. The van der Waals surface area contributed by atoms with Crippen molar-refractivity contribution in [2.75, 3.05) is 0 Å². The molecule has 0 unspecified atom stereocenters. The zero-order valence-corrected chi connectivity index (χ0v) is 15.9. The SMILES string of the molecule is Cn1c(C=C2SC(=Nc3ccc4ccccc4c3)NC2=O)nc2ccccc21. The van der Waals surface area contributed by atoms with E-state index in [-0.39, 0.29) is 5.91 Å². The Morgan fingerprint density at radius 3 is 2.68 bits per heavy atom. The summed E-state index contributed by atoms with van der Waals surface area (Å²) in [6, 6.07) is 22.0. The average Bonchev–Trinajstić information content (AvgIpc) is 3.21. The molecule has 0 aliphatic carbocycles. The lowest BCUT2D eigenvalue weighted by Crippen LogP contribution is -2.19. The zero-order chi connectivity index (χ0) is 19.1. The number of amidine groups is 1. The van der Waals surface area contributed by atoms with E-state index in [0.29, 0.717) is 10.1 Å². The molecule has 1 aliphatic heterocycles. The summed E-state index contributed by atoms with van der Waals surface area (Å²) >= 11 is 1.33. The van der Waals surface area contributed by atoms with Gasteiger partial charge in [0.15, 0.2) is 5.17 Å². The molecule has 1 N–H and O–H groups in total. The van der Waals surface area contributed by atoms with Gasteiger partial charge in [-0.1, -0.05) is 42.5 Å². The summed E-state index contributed by atoms with van der Waals surface area (Å²) in [5.41, 5.74) is 2.75. The third-order valence-corrected chi connectivity index (χ3v) is 5.61. The Kier molecular flexibility index (Phi) is 3.98. The van der Waals surface area contributed by atoms with Crippen molar-refractivity contribution in [3.8, 4) is 0 Å². The molecule has 0 atom stereocenters. The second-order valence-electron chi connectivity index (χ2n) is 6.53. The van der Waals surface area contributed by atoms with Crippen LogP contribution in [0, 0.1) is 0 Å². The number of nitrogens with zero attached hydrogens (tertiary/aromatic N) is 3. The standard InChI is InChI=1S/C22H16N4OS/c1-26-18-9-5-4-8-17(18)24-20(26)13-19-21(27)25-22(28-19)23-16-11-10-14-6-2-3-7-15(14)12-16/h2-13H,1H3,(H,23,25,27). The molecular weight excluding hydrogens is 368 g/mol. The number of benzene rings is 3. The molecule has 136 valence electrons. The van der Waals surface area contributed by atoms with Gasteiger partial charge in [-0.2, -0.15) is 0 Å². The Hall–Kier alpha value is -3.38. The molecule has 1 aromatic heterocycles. The van der Waals surface area contributed by atoms with Gasteiger partial charge in [-0.25, -0.2) is 9.98 Å². The van der Waals surface area contributed by atoms with Gasteiger partial charge in [0.25, 0.3) is 5.91 Å². The van der Waals surface area contributed by atoms with Crippen LogP contribution in [0.1, 0.15) is 5.82 Å². The van der Waals surface area contributed by atoms with Gasteiger partial charge < -0.3 is 9.88 Å². The smallest absolute Gasteiger partial charge is 0.264 e. The van der Waals surface area contributed by atoms with Crippen LogP contribution in [-0.4, -0.2) is 20.6 Å². The lowest BCUT2D eigenvalue weighted by Gasteiger charge is -2.00. The number of rotatable bonds is 2. The molecule has 6 heteroatoms. The highest BCUT2D eigenvalue weighted by molar-refractivity contribution is 8.18. The minimum atomic E-state index is -0.156. The number of carbonyl (C=O) groups excluding carboxylic acids is 1. The maximum absolute atomic E-state index is 12.4. The number of aliphatic imine (C=N–C) groups is 1. The molecule has 28 heavy (non-hydrogen) atoms. The van der Waals surface area contributed by atoms with Crippen LogP contribution in [0.2, 0.25) is 0 Å². The van der Waals surface area contributed by atoms with E-state index in [1.165, 1.54) is 11.8 Å².